The summed E-state index contributed by atoms with van der Waals surface area (Å²) < 4.78 is 30.2. The van der Waals surface area contributed by atoms with Crippen LogP contribution in [0.5, 0.6) is 0 Å². The third kappa shape index (κ3) is 4.36. The van der Waals surface area contributed by atoms with Crippen LogP contribution in [-0.4, -0.2) is 33.7 Å². The number of hydrogen-bond donors (Lipinski definition) is 1. The molecular formula is C15H21NO4S. The van der Waals surface area contributed by atoms with E-state index in [0.29, 0.717) is 18.8 Å². The largest absolute Gasteiger partial charge is 0.381 e. The van der Waals surface area contributed by atoms with Gasteiger partial charge in [0.1, 0.15) is 6.29 Å². The summed E-state index contributed by atoms with van der Waals surface area (Å²) in [7, 11) is -3.33. The van der Waals surface area contributed by atoms with Crippen LogP contribution in [0.15, 0.2) is 29.2 Å². The van der Waals surface area contributed by atoms with Gasteiger partial charge < -0.3 is 15.3 Å². The Morgan fingerprint density at radius 1 is 1.33 bits per heavy atom. The lowest BCUT2D eigenvalue weighted by atomic mass is 10.0. The van der Waals surface area contributed by atoms with Gasteiger partial charge in [-0.25, -0.2) is 8.42 Å². The minimum absolute atomic E-state index is 0.142. The molecule has 1 fully saturated rings. The SMILES string of the molecule is NC(CC=O)c1cccc(S(=O)(=O)CC2CCOCC2)c1. The second-order valence-corrected chi connectivity index (χ2v) is 7.45. The highest BCUT2D eigenvalue weighted by Gasteiger charge is 2.23. The molecule has 1 aromatic rings. The van der Waals surface area contributed by atoms with Gasteiger partial charge in [-0.3, -0.25) is 0 Å². The van der Waals surface area contributed by atoms with Crippen LogP contribution in [0.1, 0.15) is 30.9 Å². The number of sulfone groups is 1. The van der Waals surface area contributed by atoms with Crippen molar-refractivity contribution in [3.63, 3.8) is 0 Å². The van der Waals surface area contributed by atoms with Gasteiger partial charge in [0.05, 0.1) is 10.6 Å². The molecule has 1 heterocycles. The van der Waals surface area contributed by atoms with Gasteiger partial charge in [0, 0.05) is 25.7 Å². The zero-order valence-electron chi connectivity index (χ0n) is 11.9. The van der Waals surface area contributed by atoms with Crippen LogP contribution in [-0.2, 0) is 19.4 Å². The van der Waals surface area contributed by atoms with Gasteiger partial charge in [0.2, 0.25) is 0 Å². The fourth-order valence-electron chi connectivity index (χ4n) is 2.50. The van der Waals surface area contributed by atoms with E-state index in [9.17, 15) is 13.2 Å². The van der Waals surface area contributed by atoms with Crippen molar-refractivity contribution in [3.8, 4) is 0 Å². The molecule has 1 aliphatic rings. The normalized spacial score (nSPS) is 18.3. The second kappa shape index (κ2) is 7.15. The van der Waals surface area contributed by atoms with E-state index in [4.69, 9.17) is 10.5 Å². The zero-order chi connectivity index (χ0) is 15.3. The average molecular weight is 311 g/mol. The molecule has 21 heavy (non-hydrogen) atoms. The Hall–Kier alpha value is -1.24. The Kier molecular flexibility index (Phi) is 5.50. The van der Waals surface area contributed by atoms with E-state index >= 15 is 0 Å². The lowest BCUT2D eigenvalue weighted by Crippen LogP contribution is -2.23. The third-order valence-electron chi connectivity index (χ3n) is 3.79. The van der Waals surface area contributed by atoms with Crippen molar-refractivity contribution in [1.82, 2.24) is 0 Å². The summed E-state index contributed by atoms with van der Waals surface area (Å²) in [5.74, 6) is 0.291. The van der Waals surface area contributed by atoms with E-state index < -0.39 is 15.9 Å². The van der Waals surface area contributed by atoms with Gasteiger partial charge in [-0.15, -0.1) is 0 Å². The summed E-state index contributed by atoms with van der Waals surface area (Å²) in [5.41, 5.74) is 6.54. The zero-order valence-corrected chi connectivity index (χ0v) is 12.7. The first-order valence-corrected chi connectivity index (χ1v) is 8.78. The number of benzene rings is 1. The number of carbonyl (C=O) groups excluding carboxylic acids is 1. The van der Waals surface area contributed by atoms with Crippen LogP contribution in [0.2, 0.25) is 0 Å². The summed E-state index contributed by atoms with van der Waals surface area (Å²) in [5, 5.41) is 0. The molecule has 0 bridgehead atoms. The van der Waals surface area contributed by atoms with Gasteiger partial charge in [0.15, 0.2) is 9.84 Å². The highest BCUT2D eigenvalue weighted by molar-refractivity contribution is 7.91. The first-order chi connectivity index (χ1) is 10.0. The average Bonchev–Trinajstić information content (AvgIpc) is 2.48. The predicted molar refractivity (Wildman–Crippen MR) is 79.6 cm³/mol. The minimum Gasteiger partial charge on any atom is -0.381 e. The Morgan fingerprint density at radius 3 is 2.71 bits per heavy atom. The molecule has 0 saturated carbocycles. The van der Waals surface area contributed by atoms with E-state index in [2.05, 4.69) is 0 Å². The van der Waals surface area contributed by atoms with Crippen molar-refractivity contribution in [2.24, 2.45) is 11.7 Å². The highest BCUT2D eigenvalue weighted by Crippen LogP contribution is 2.23. The molecule has 0 aliphatic carbocycles. The molecule has 116 valence electrons. The lowest BCUT2D eigenvalue weighted by molar-refractivity contribution is -0.108. The molecule has 1 aliphatic heterocycles. The van der Waals surface area contributed by atoms with Gasteiger partial charge in [-0.2, -0.15) is 0 Å². The van der Waals surface area contributed by atoms with Crippen LogP contribution in [0, 0.1) is 5.92 Å². The van der Waals surface area contributed by atoms with E-state index in [1.165, 1.54) is 0 Å². The molecule has 0 amide bonds. The van der Waals surface area contributed by atoms with Gasteiger partial charge in [-0.1, -0.05) is 12.1 Å². The van der Waals surface area contributed by atoms with Gasteiger partial charge in [-0.05, 0) is 36.5 Å². The molecule has 0 radical (unpaired) electrons. The van der Waals surface area contributed by atoms with E-state index in [0.717, 1.165) is 19.1 Å². The minimum atomic E-state index is -3.33. The predicted octanol–water partition coefficient (Wildman–Crippen LogP) is 1.48. The summed E-state index contributed by atoms with van der Waals surface area (Å²) >= 11 is 0. The topological polar surface area (TPSA) is 86.5 Å². The van der Waals surface area contributed by atoms with Crippen molar-refractivity contribution >= 4 is 16.1 Å². The number of rotatable bonds is 6. The van der Waals surface area contributed by atoms with Crippen LogP contribution in [0.25, 0.3) is 0 Å². The molecule has 1 unspecified atom stereocenters. The van der Waals surface area contributed by atoms with Crippen LogP contribution in [0.4, 0.5) is 0 Å². The Labute approximate surface area is 125 Å². The van der Waals surface area contributed by atoms with Gasteiger partial charge in [0.25, 0.3) is 0 Å². The molecule has 0 spiro atoms. The maximum atomic E-state index is 12.5. The maximum absolute atomic E-state index is 12.5. The summed E-state index contributed by atoms with van der Waals surface area (Å²) in [4.78, 5) is 10.8. The van der Waals surface area contributed by atoms with Crippen molar-refractivity contribution in [3.05, 3.63) is 29.8 Å². The van der Waals surface area contributed by atoms with Crippen molar-refractivity contribution in [2.75, 3.05) is 19.0 Å². The molecule has 1 saturated heterocycles. The number of hydrogen-bond acceptors (Lipinski definition) is 5. The Bertz CT molecular complexity index is 579. The molecule has 2 N–H and O–H groups in total. The molecule has 6 heteroatoms. The van der Waals surface area contributed by atoms with E-state index in [1.807, 2.05) is 0 Å². The molecular weight excluding hydrogens is 290 g/mol. The van der Waals surface area contributed by atoms with Crippen molar-refractivity contribution in [1.29, 1.82) is 0 Å². The smallest absolute Gasteiger partial charge is 0.178 e. The summed E-state index contributed by atoms with van der Waals surface area (Å²) in [6, 6.07) is 6.15. The number of ether oxygens (including phenoxy) is 1. The van der Waals surface area contributed by atoms with Crippen LogP contribution >= 0.6 is 0 Å². The third-order valence-corrected chi connectivity index (χ3v) is 5.67. The fraction of sp³-hybridized carbons (Fsp3) is 0.533. The summed E-state index contributed by atoms with van der Waals surface area (Å²) in [6.07, 6.45) is 2.49. The molecule has 0 aromatic heterocycles. The molecule has 2 rings (SSSR count). The standard InChI is InChI=1S/C15H21NO4S/c16-15(4-7-17)13-2-1-3-14(10-13)21(18,19)11-12-5-8-20-9-6-12/h1-3,7,10,12,15H,4-6,8-9,11,16H2. The fourth-order valence-corrected chi connectivity index (χ4v) is 4.25. The first-order valence-electron chi connectivity index (χ1n) is 7.12. The van der Waals surface area contributed by atoms with E-state index in [1.54, 1.807) is 24.3 Å². The summed E-state index contributed by atoms with van der Waals surface area (Å²) in [6.45, 7) is 1.26. The number of nitrogens with two attached hydrogens (primary N) is 1. The second-order valence-electron chi connectivity index (χ2n) is 5.42. The molecule has 1 atom stereocenters. The lowest BCUT2D eigenvalue weighted by Gasteiger charge is -2.22. The molecule has 5 nitrogen and oxygen atoms in total. The Morgan fingerprint density at radius 2 is 2.05 bits per heavy atom. The van der Waals surface area contributed by atoms with E-state index in [-0.39, 0.29) is 23.0 Å². The highest BCUT2D eigenvalue weighted by atomic mass is 32.2. The number of aldehydes is 1. The maximum Gasteiger partial charge on any atom is 0.178 e. The van der Waals surface area contributed by atoms with Crippen LogP contribution in [0.3, 0.4) is 0 Å². The monoisotopic (exact) mass is 311 g/mol. The van der Waals surface area contributed by atoms with Crippen LogP contribution < -0.4 is 5.73 Å². The Balaban J connectivity index is 2.15. The first kappa shape index (κ1) is 16.1. The quantitative estimate of drug-likeness (QED) is 0.804. The van der Waals surface area contributed by atoms with Crippen molar-refractivity contribution < 1.29 is 17.9 Å². The molecule has 1 aromatic carbocycles. The van der Waals surface area contributed by atoms with Crippen molar-refractivity contribution in [2.45, 2.75) is 30.2 Å². The van der Waals surface area contributed by atoms with Gasteiger partial charge >= 0.3 is 0 Å². The number of carbonyl (C=O) groups is 1.